The molecular weight excluding hydrogens is 373 g/mol. The first kappa shape index (κ1) is 20.4. The smallest absolute Gasteiger partial charge is 0.129 e. The zero-order valence-electron chi connectivity index (χ0n) is 16.0. The Bertz CT molecular complexity index is 885. The lowest BCUT2D eigenvalue weighted by Crippen LogP contribution is -2.26. The van der Waals surface area contributed by atoms with Gasteiger partial charge >= 0.3 is 0 Å². The molecule has 0 aliphatic rings. The Morgan fingerprint density at radius 3 is 2.50 bits per heavy atom. The second-order valence-electron chi connectivity index (χ2n) is 6.94. The zero-order chi connectivity index (χ0) is 19.8. The van der Waals surface area contributed by atoms with Gasteiger partial charge in [-0.3, -0.25) is 0 Å². The van der Waals surface area contributed by atoms with Gasteiger partial charge < -0.3 is 10.1 Å². The van der Waals surface area contributed by atoms with Crippen molar-refractivity contribution in [2.75, 3.05) is 0 Å². The maximum absolute atomic E-state index is 13.8. The molecule has 3 aromatic carbocycles. The summed E-state index contributed by atoms with van der Waals surface area (Å²) >= 11 is 6.17. The van der Waals surface area contributed by atoms with Gasteiger partial charge in [0.05, 0.1) is 0 Å². The van der Waals surface area contributed by atoms with Crippen molar-refractivity contribution in [2.45, 2.75) is 39.0 Å². The van der Waals surface area contributed by atoms with Crippen LogP contribution >= 0.6 is 11.6 Å². The van der Waals surface area contributed by atoms with Crippen molar-refractivity contribution in [3.63, 3.8) is 0 Å². The van der Waals surface area contributed by atoms with Crippen molar-refractivity contribution >= 4 is 11.6 Å². The fraction of sp³-hybridized carbons (Fsp3) is 0.250. The minimum atomic E-state index is -0.259. The normalized spacial score (nSPS) is 12.0. The van der Waals surface area contributed by atoms with Crippen LogP contribution < -0.4 is 10.1 Å². The highest BCUT2D eigenvalue weighted by Gasteiger charge is 2.09. The number of ether oxygens (including phenoxy) is 1. The van der Waals surface area contributed by atoms with Gasteiger partial charge in [-0.1, -0.05) is 60.1 Å². The number of hydrogen-bond donors (Lipinski definition) is 1. The Hall–Kier alpha value is -2.36. The van der Waals surface area contributed by atoms with E-state index in [4.69, 9.17) is 16.3 Å². The first-order chi connectivity index (χ1) is 13.6. The zero-order valence-corrected chi connectivity index (χ0v) is 16.8. The third kappa shape index (κ3) is 6.08. The number of aryl methyl sites for hydroxylation is 1. The van der Waals surface area contributed by atoms with Gasteiger partial charge in [0, 0.05) is 28.7 Å². The molecule has 0 heterocycles. The largest absolute Gasteiger partial charge is 0.488 e. The van der Waals surface area contributed by atoms with E-state index < -0.39 is 0 Å². The summed E-state index contributed by atoms with van der Waals surface area (Å²) in [5.41, 5.74) is 2.84. The molecule has 0 saturated heterocycles. The minimum absolute atomic E-state index is 0.185. The second-order valence-corrected chi connectivity index (χ2v) is 7.37. The summed E-state index contributed by atoms with van der Waals surface area (Å²) in [7, 11) is 0. The standard InChI is InChI=1S/C24H25ClFNO/c1-18(11-12-19-7-3-2-4-8-19)27-16-21-15-22(25)13-14-24(21)28-17-20-9-5-6-10-23(20)26/h2-10,13-15,18,27H,11-12,16-17H2,1H3/t18-/m1/s1. The van der Waals surface area contributed by atoms with Crippen LogP contribution in [0.3, 0.4) is 0 Å². The molecule has 146 valence electrons. The Labute approximate surface area is 171 Å². The summed E-state index contributed by atoms with van der Waals surface area (Å²) in [5, 5.41) is 4.19. The average molecular weight is 398 g/mol. The molecule has 0 unspecified atom stereocenters. The Kier molecular flexibility index (Phi) is 7.46. The van der Waals surface area contributed by atoms with Gasteiger partial charge in [0.15, 0.2) is 0 Å². The van der Waals surface area contributed by atoms with Gasteiger partial charge in [0.2, 0.25) is 0 Å². The molecule has 0 aromatic heterocycles. The average Bonchev–Trinajstić information content (AvgIpc) is 2.72. The van der Waals surface area contributed by atoms with Gasteiger partial charge in [-0.15, -0.1) is 0 Å². The van der Waals surface area contributed by atoms with E-state index in [1.807, 2.05) is 18.2 Å². The highest BCUT2D eigenvalue weighted by Crippen LogP contribution is 2.24. The highest BCUT2D eigenvalue weighted by atomic mass is 35.5. The van der Waals surface area contributed by atoms with E-state index >= 15 is 0 Å². The number of nitrogens with one attached hydrogen (secondary N) is 1. The summed E-state index contributed by atoms with van der Waals surface area (Å²) < 4.78 is 19.7. The molecular formula is C24H25ClFNO. The fourth-order valence-electron chi connectivity index (χ4n) is 3.01. The third-order valence-corrected chi connectivity index (χ3v) is 4.95. The van der Waals surface area contributed by atoms with Gasteiger partial charge in [0.1, 0.15) is 18.2 Å². The number of halogens is 2. The molecule has 3 aromatic rings. The number of benzene rings is 3. The van der Waals surface area contributed by atoms with E-state index in [0.717, 1.165) is 24.2 Å². The van der Waals surface area contributed by atoms with Crippen LogP contribution in [0, 0.1) is 5.82 Å². The number of hydrogen-bond acceptors (Lipinski definition) is 2. The number of rotatable bonds is 9. The maximum Gasteiger partial charge on any atom is 0.129 e. The van der Waals surface area contributed by atoms with Crippen molar-refractivity contribution in [1.82, 2.24) is 5.32 Å². The summed E-state index contributed by atoms with van der Waals surface area (Å²) in [6.07, 6.45) is 2.07. The van der Waals surface area contributed by atoms with Gasteiger partial charge in [-0.05, 0) is 49.6 Å². The lowest BCUT2D eigenvalue weighted by atomic mass is 10.1. The predicted octanol–water partition coefficient (Wildman–Crippen LogP) is 6.17. The maximum atomic E-state index is 13.8. The van der Waals surface area contributed by atoms with Crippen LogP contribution in [-0.2, 0) is 19.6 Å². The van der Waals surface area contributed by atoms with Crippen molar-refractivity contribution in [1.29, 1.82) is 0 Å². The molecule has 0 saturated carbocycles. The molecule has 0 aliphatic heterocycles. The van der Waals surface area contributed by atoms with Crippen molar-refractivity contribution in [3.8, 4) is 5.75 Å². The molecule has 1 N–H and O–H groups in total. The molecule has 2 nitrogen and oxygen atoms in total. The molecule has 0 spiro atoms. The summed E-state index contributed by atoms with van der Waals surface area (Å²) in [6, 6.07) is 23.0. The van der Waals surface area contributed by atoms with E-state index in [1.165, 1.54) is 11.6 Å². The summed E-state index contributed by atoms with van der Waals surface area (Å²) in [4.78, 5) is 0. The lowest BCUT2D eigenvalue weighted by Gasteiger charge is -2.17. The van der Waals surface area contributed by atoms with E-state index in [0.29, 0.717) is 23.2 Å². The van der Waals surface area contributed by atoms with E-state index in [-0.39, 0.29) is 12.4 Å². The lowest BCUT2D eigenvalue weighted by molar-refractivity contribution is 0.295. The van der Waals surface area contributed by atoms with Crippen molar-refractivity contribution in [2.24, 2.45) is 0 Å². The highest BCUT2D eigenvalue weighted by molar-refractivity contribution is 6.30. The Morgan fingerprint density at radius 1 is 0.964 bits per heavy atom. The van der Waals surface area contributed by atoms with Crippen LogP contribution in [-0.4, -0.2) is 6.04 Å². The van der Waals surface area contributed by atoms with E-state index in [2.05, 4.69) is 36.5 Å². The van der Waals surface area contributed by atoms with Crippen LogP contribution in [0.25, 0.3) is 0 Å². The molecule has 0 amide bonds. The van der Waals surface area contributed by atoms with E-state index in [9.17, 15) is 4.39 Å². The molecule has 0 fully saturated rings. The molecule has 0 radical (unpaired) electrons. The molecule has 4 heteroatoms. The molecule has 1 atom stereocenters. The Morgan fingerprint density at radius 2 is 1.71 bits per heavy atom. The van der Waals surface area contributed by atoms with Crippen molar-refractivity contribution < 1.29 is 9.13 Å². The second kappa shape index (κ2) is 10.3. The van der Waals surface area contributed by atoms with Crippen molar-refractivity contribution in [3.05, 3.63) is 100 Å². The van der Waals surface area contributed by atoms with Crippen LogP contribution in [0.15, 0.2) is 72.8 Å². The van der Waals surface area contributed by atoms with Gasteiger partial charge in [-0.25, -0.2) is 4.39 Å². The third-order valence-electron chi connectivity index (χ3n) is 4.71. The van der Waals surface area contributed by atoms with Crippen LogP contribution in [0.2, 0.25) is 5.02 Å². The first-order valence-electron chi connectivity index (χ1n) is 9.54. The SMILES string of the molecule is C[C@H](CCc1ccccc1)NCc1cc(Cl)ccc1OCc1ccccc1F. The predicted molar refractivity (Wildman–Crippen MR) is 113 cm³/mol. The Balaban J connectivity index is 1.57. The fourth-order valence-corrected chi connectivity index (χ4v) is 3.21. The van der Waals surface area contributed by atoms with Crippen LogP contribution in [0.5, 0.6) is 5.75 Å². The van der Waals surface area contributed by atoms with Gasteiger partial charge in [-0.2, -0.15) is 0 Å². The molecule has 0 aliphatic carbocycles. The molecule has 3 rings (SSSR count). The van der Waals surface area contributed by atoms with Crippen LogP contribution in [0.4, 0.5) is 4.39 Å². The summed E-state index contributed by atoms with van der Waals surface area (Å²) in [5.74, 6) is 0.459. The quantitative estimate of drug-likeness (QED) is 0.466. The molecule has 0 bridgehead atoms. The van der Waals surface area contributed by atoms with Crippen LogP contribution in [0.1, 0.15) is 30.0 Å². The van der Waals surface area contributed by atoms with Gasteiger partial charge in [0.25, 0.3) is 0 Å². The van der Waals surface area contributed by atoms with E-state index in [1.54, 1.807) is 24.3 Å². The monoisotopic (exact) mass is 397 g/mol. The minimum Gasteiger partial charge on any atom is -0.488 e. The first-order valence-corrected chi connectivity index (χ1v) is 9.91. The molecule has 28 heavy (non-hydrogen) atoms. The topological polar surface area (TPSA) is 21.3 Å². The summed E-state index contributed by atoms with van der Waals surface area (Å²) in [6.45, 7) is 3.00.